The SMILES string of the molecule is CN(c1ccc(-c2ccc(F)cc2F)cc1NC(=O)c1ccccc1)S(C)(=O)=O. The van der Waals surface area contributed by atoms with Crippen LogP contribution in [0.2, 0.25) is 0 Å². The second-order valence-electron chi connectivity index (χ2n) is 6.41. The van der Waals surface area contributed by atoms with Crippen LogP contribution in [-0.4, -0.2) is 27.6 Å². The van der Waals surface area contributed by atoms with E-state index in [4.69, 9.17) is 0 Å². The minimum Gasteiger partial charge on any atom is -0.320 e. The maximum absolute atomic E-state index is 14.2. The molecule has 0 spiro atoms. The minimum atomic E-state index is -3.61. The van der Waals surface area contributed by atoms with E-state index in [-0.39, 0.29) is 16.9 Å². The number of anilines is 2. The molecule has 1 amide bonds. The number of nitrogens with zero attached hydrogens (tertiary/aromatic N) is 1. The molecule has 0 unspecified atom stereocenters. The molecular formula is C21H18F2N2O3S. The number of carbonyl (C=O) groups excluding carboxylic acids is 1. The molecule has 0 bridgehead atoms. The third-order valence-corrected chi connectivity index (χ3v) is 5.55. The molecule has 0 aliphatic rings. The Bertz CT molecular complexity index is 1170. The summed E-state index contributed by atoms with van der Waals surface area (Å²) in [6, 6.07) is 16.0. The van der Waals surface area contributed by atoms with Gasteiger partial charge in [0, 0.05) is 24.2 Å². The molecule has 0 fully saturated rings. The van der Waals surface area contributed by atoms with E-state index >= 15 is 0 Å². The topological polar surface area (TPSA) is 66.5 Å². The van der Waals surface area contributed by atoms with Gasteiger partial charge in [0.25, 0.3) is 5.91 Å². The van der Waals surface area contributed by atoms with Gasteiger partial charge in [-0.1, -0.05) is 24.3 Å². The van der Waals surface area contributed by atoms with Crippen LogP contribution in [0.3, 0.4) is 0 Å². The summed E-state index contributed by atoms with van der Waals surface area (Å²) in [5, 5.41) is 2.68. The summed E-state index contributed by atoms with van der Waals surface area (Å²) in [7, 11) is -2.26. The van der Waals surface area contributed by atoms with Crippen LogP contribution >= 0.6 is 0 Å². The van der Waals surface area contributed by atoms with Gasteiger partial charge in [0.05, 0.1) is 17.6 Å². The molecule has 0 heterocycles. The fourth-order valence-electron chi connectivity index (χ4n) is 2.76. The maximum Gasteiger partial charge on any atom is 0.255 e. The average Bonchev–Trinajstić information content (AvgIpc) is 2.67. The third-order valence-electron chi connectivity index (χ3n) is 4.36. The summed E-state index contributed by atoms with van der Waals surface area (Å²) in [6.45, 7) is 0. The first-order valence-electron chi connectivity index (χ1n) is 8.56. The fraction of sp³-hybridized carbons (Fsp3) is 0.0952. The van der Waals surface area contributed by atoms with Crippen LogP contribution in [0, 0.1) is 11.6 Å². The first-order valence-corrected chi connectivity index (χ1v) is 10.4. The fourth-order valence-corrected chi connectivity index (χ4v) is 3.28. The lowest BCUT2D eigenvalue weighted by atomic mass is 10.0. The highest BCUT2D eigenvalue weighted by Gasteiger charge is 2.19. The highest BCUT2D eigenvalue weighted by Crippen LogP contribution is 2.33. The number of sulfonamides is 1. The van der Waals surface area contributed by atoms with Crippen molar-refractivity contribution in [1.82, 2.24) is 0 Å². The first-order chi connectivity index (χ1) is 13.7. The van der Waals surface area contributed by atoms with Crippen molar-refractivity contribution in [1.29, 1.82) is 0 Å². The second kappa shape index (κ2) is 8.00. The lowest BCUT2D eigenvalue weighted by molar-refractivity contribution is 0.102. The number of carbonyl (C=O) groups is 1. The Balaban J connectivity index is 2.09. The summed E-state index contributed by atoms with van der Waals surface area (Å²) in [5.41, 5.74) is 1.24. The molecule has 5 nitrogen and oxygen atoms in total. The van der Waals surface area contributed by atoms with Crippen LogP contribution in [0.4, 0.5) is 20.2 Å². The number of nitrogens with one attached hydrogen (secondary N) is 1. The van der Waals surface area contributed by atoms with E-state index in [0.29, 0.717) is 11.1 Å². The zero-order chi connectivity index (χ0) is 21.2. The van der Waals surface area contributed by atoms with Crippen LogP contribution < -0.4 is 9.62 Å². The summed E-state index contributed by atoms with van der Waals surface area (Å²) in [6.07, 6.45) is 1.03. The average molecular weight is 416 g/mol. The monoisotopic (exact) mass is 416 g/mol. The van der Waals surface area contributed by atoms with Gasteiger partial charge in [-0.15, -0.1) is 0 Å². The van der Waals surface area contributed by atoms with Crippen LogP contribution in [-0.2, 0) is 10.0 Å². The molecule has 0 atom stereocenters. The van der Waals surface area contributed by atoms with Gasteiger partial charge in [0.2, 0.25) is 10.0 Å². The summed E-state index contributed by atoms with van der Waals surface area (Å²) in [5.74, 6) is -1.93. The molecule has 1 N–H and O–H groups in total. The van der Waals surface area contributed by atoms with E-state index in [1.54, 1.807) is 30.3 Å². The number of rotatable bonds is 5. The highest BCUT2D eigenvalue weighted by molar-refractivity contribution is 7.92. The molecule has 3 rings (SSSR count). The quantitative estimate of drug-likeness (QED) is 0.675. The van der Waals surface area contributed by atoms with Crippen molar-refractivity contribution in [3.05, 3.63) is 83.9 Å². The molecule has 0 aromatic heterocycles. The zero-order valence-electron chi connectivity index (χ0n) is 15.7. The lowest BCUT2D eigenvalue weighted by Gasteiger charge is -2.21. The van der Waals surface area contributed by atoms with Crippen LogP contribution in [0.25, 0.3) is 11.1 Å². The number of hydrogen-bond acceptors (Lipinski definition) is 3. The van der Waals surface area contributed by atoms with E-state index in [1.807, 2.05) is 0 Å². The molecule has 150 valence electrons. The molecule has 0 saturated carbocycles. The molecule has 29 heavy (non-hydrogen) atoms. The maximum atomic E-state index is 14.2. The number of hydrogen-bond donors (Lipinski definition) is 1. The lowest BCUT2D eigenvalue weighted by Crippen LogP contribution is -2.26. The van der Waals surface area contributed by atoms with Gasteiger partial charge in [-0.3, -0.25) is 9.10 Å². The Morgan fingerprint density at radius 1 is 0.966 bits per heavy atom. The largest absolute Gasteiger partial charge is 0.320 e. The van der Waals surface area contributed by atoms with E-state index in [1.165, 1.54) is 31.3 Å². The van der Waals surface area contributed by atoms with Gasteiger partial charge in [-0.2, -0.15) is 0 Å². The van der Waals surface area contributed by atoms with Gasteiger partial charge in [-0.05, 0) is 42.0 Å². The number of amides is 1. The standard InChI is InChI=1S/C21H18F2N2O3S/c1-25(29(2,27)28)20-11-8-15(17-10-9-16(22)13-18(17)23)12-19(20)24-21(26)14-6-4-3-5-7-14/h3-13H,1-2H3,(H,24,26). The van der Waals surface area contributed by atoms with Gasteiger partial charge >= 0.3 is 0 Å². The molecule has 0 saturated heterocycles. The number of halogens is 2. The Labute approximate surface area is 167 Å². The predicted molar refractivity (Wildman–Crippen MR) is 109 cm³/mol. The minimum absolute atomic E-state index is 0.121. The van der Waals surface area contributed by atoms with Gasteiger partial charge in [-0.25, -0.2) is 17.2 Å². The van der Waals surface area contributed by atoms with Gasteiger partial charge < -0.3 is 5.32 Å². The Hall–Kier alpha value is -3.26. The zero-order valence-corrected chi connectivity index (χ0v) is 16.5. The van der Waals surface area contributed by atoms with E-state index in [2.05, 4.69) is 5.32 Å². The number of benzene rings is 3. The smallest absolute Gasteiger partial charge is 0.255 e. The van der Waals surface area contributed by atoms with Crippen molar-refractivity contribution in [3.63, 3.8) is 0 Å². The van der Waals surface area contributed by atoms with E-state index in [0.717, 1.165) is 22.7 Å². The Kier molecular flexibility index (Phi) is 5.65. The third kappa shape index (κ3) is 4.60. The molecule has 3 aromatic rings. The van der Waals surface area contributed by atoms with E-state index < -0.39 is 27.6 Å². The Morgan fingerprint density at radius 3 is 2.28 bits per heavy atom. The molecule has 3 aromatic carbocycles. The van der Waals surface area contributed by atoms with Crippen LogP contribution in [0.1, 0.15) is 10.4 Å². The van der Waals surface area contributed by atoms with E-state index in [9.17, 15) is 22.0 Å². The Morgan fingerprint density at radius 2 is 1.66 bits per heavy atom. The van der Waals surface area contributed by atoms with Crippen LogP contribution in [0.15, 0.2) is 66.7 Å². The van der Waals surface area contributed by atoms with Crippen molar-refractivity contribution in [2.45, 2.75) is 0 Å². The summed E-state index contributed by atoms with van der Waals surface area (Å²) < 4.78 is 52.5. The summed E-state index contributed by atoms with van der Waals surface area (Å²) >= 11 is 0. The normalized spacial score (nSPS) is 11.2. The second-order valence-corrected chi connectivity index (χ2v) is 8.42. The molecule has 8 heteroatoms. The predicted octanol–water partition coefficient (Wildman–Crippen LogP) is 4.28. The highest BCUT2D eigenvalue weighted by atomic mass is 32.2. The van der Waals surface area contributed by atoms with Crippen molar-refractivity contribution in [2.75, 3.05) is 22.9 Å². The summed E-state index contributed by atoms with van der Waals surface area (Å²) in [4.78, 5) is 12.6. The van der Waals surface area contributed by atoms with Crippen LogP contribution in [0.5, 0.6) is 0 Å². The van der Waals surface area contributed by atoms with Gasteiger partial charge in [0.1, 0.15) is 11.6 Å². The molecule has 0 radical (unpaired) electrons. The van der Waals surface area contributed by atoms with Crippen molar-refractivity contribution in [2.24, 2.45) is 0 Å². The molecule has 0 aliphatic carbocycles. The van der Waals surface area contributed by atoms with Crippen molar-refractivity contribution >= 4 is 27.3 Å². The molecular weight excluding hydrogens is 398 g/mol. The molecule has 0 aliphatic heterocycles. The van der Waals surface area contributed by atoms with Gasteiger partial charge in [0.15, 0.2) is 0 Å². The first kappa shape index (κ1) is 20.5. The van der Waals surface area contributed by atoms with Crippen molar-refractivity contribution < 1.29 is 22.0 Å². The van der Waals surface area contributed by atoms with Crippen molar-refractivity contribution in [3.8, 4) is 11.1 Å².